The molecule has 0 spiro atoms. The molecule has 2 atom stereocenters. The maximum Gasteiger partial charge on any atom is 0.166 e. The number of ether oxygens (including phenoxy) is 12. The molecule has 0 saturated carbocycles. The van der Waals surface area contributed by atoms with Gasteiger partial charge in [-0.2, -0.15) is 0 Å². The van der Waals surface area contributed by atoms with Crippen LogP contribution in [0, 0.1) is 0 Å². The average molecular weight is 586 g/mol. The van der Waals surface area contributed by atoms with E-state index in [9.17, 15) is 5.11 Å². The lowest BCUT2D eigenvalue weighted by Gasteiger charge is -2.34. The molecular weight excluding hydrogens is 534 g/mol. The Morgan fingerprint density at radius 2 is 0.850 bits per heavy atom. The second-order valence-corrected chi connectivity index (χ2v) is 8.90. The number of hydrogen-bond donors (Lipinski definition) is 2. The van der Waals surface area contributed by atoms with Crippen LogP contribution in [-0.2, 0) is 56.8 Å². The van der Waals surface area contributed by atoms with E-state index in [-0.39, 0.29) is 25.9 Å². The molecule has 2 rings (SSSR count). The Morgan fingerprint density at radius 3 is 1.30 bits per heavy atom. The predicted octanol–water partition coefficient (Wildman–Crippen LogP) is -1.14. The highest BCUT2D eigenvalue weighted by Crippen LogP contribution is 2.10. The molecule has 0 amide bonds. The van der Waals surface area contributed by atoms with E-state index in [1.165, 1.54) is 0 Å². The summed E-state index contributed by atoms with van der Waals surface area (Å²) in [6, 6.07) is 0. The smallest absolute Gasteiger partial charge is 0.166 e. The molecule has 14 heteroatoms. The predicted molar refractivity (Wildman–Crippen MR) is 142 cm³/mol. The van der Waals surface area contributed by atoms with Crippen LogP contribution in [0.3, 0.4) is 0 Å². The van der Waals surface area contributed by atoms with Crippen LogP contribution >= 0.6 is 0 Å². The van der Waals surface area contributed by atoms with E-state index < -0.39 is 5.72 Å². The van der Waals surface area contributed by atoms with E-state index in [4.69, 9.17) is 56.8 Å². The zero-order valence-corrected chi connectivity index (χ0v) is 23.9. The first-order valence-corrected chi connectivity index (χ1v) is 14.2. The van der Waals surface area contributed by atoms with Crippen molar-refractivity contribution in [3.05, 3.63) is 0 Å². The second-order valence-electron chi connectivity index (χ2n) is 8.90. The molecule has 2 aliphatic heterocycles. The van der Waals surface area contributed by atoms with Crippen molar-refractivity contribution in [2.24, 2.45) is 0 Å². The van der Waals surface area contributed by atoms with Gasteiger partial charge in [0.25, 0.3) is 0 Å². The Kier molecular flexibility index (Phi) is 23.2. The lowest BCUT2D eigenvalue weighted by Crippen LogP contribution is -2.57. The van der Waals surface area contributed by atoms with Crippen molar-refractivity contribution >= 4 is 0 Å². The largest absolute Gasteiger partial charge is 0.392 e. The molecule has 0 radical (unpaired) electrons. The van der Waals surface area contributed by atoms with Gasteiger partial charge in [0.1, 0.15) is 0 Å². The van der Waals surface area contributed by atoms with Gasteiger partial charge in [-0.05, 0) is 0 Å². The summed E-state index contributed by atoms with van der Waals surface area (Å²) < 4.78 is 67.8. The number of rotatable bonds is 4. The molecular formula is C26H51NO13. The van der Waals surface area contributed by atoms with Gasteiger partial charge in [0, 0.05) is 6.54 Å². The van der Waals surface area contributed by atoms with Crippen molar-refractivity contribution in [1.82, 2.24) is 5.32 Å². The van der Waals surface area contributed by atoms with Crippen LogP contribution in [-0.4, -0.2) is 175 Å². The van der Waals surface area contributed by atoms with Gasteiger partial charge in [-0.1, -0.05) is 0 Å². The van der Waals surface area contributed by atoms with Gasteiger partial charge in [0.05, 0.1) is 158 Å². The monoisotopic (exact) mass is 585 g/mol. The molecule has 2 heterocycles. The molecule has 2 N–H and O–H groups in total. The zero-order chi connectivity index (χ0) is 28.2. The summed E-state index contributed by atoms with van der Waals surface area (Å²) in [6.45, 7) is 9.18. The lowest BCUT2D eigenvalue weighted by molar-refractivity contribution is -0.160. The number of hydrogen-bond acceptors (Lipinski definition) is 14. The van der Waals surface area contributed by atoms with Gasteiger partial charge < -0.3 is 61.9 Å². The fraction of sp³-hybridized carbons (Fsp3) is 1.00. The molecule has 40 heavy (non-hydrogen) atoms. The van der Waals surface area contributed by atoms with Crippen LogP contribution in [0.2, 0.25) is 0 Å². The maximum atomic E-state index is 10.3. The maximum absolute atomic E-state index is 10.3. The highest BCUT2D eigenvalue weighted by Gasteiger charge is 2.32. The molecule has 0 aromatic heterocycles. The van der Waals surface area contributed by atoms with Gasteiger partial charge in [0.2, 0.25) is 0 Å². The fourth-order valence-corrected chi connectivity index (χ4v) is 3.54. The summed E-state index contributed by atoms with van der Waals surface area (Å²) in [7, 11) is 0. The minimum Gasteiger partial charge on any atom is -0.392 e. The van der Waals surface area contributed by atoms with E-state index in [0.29, 0.717) is 139 Å². The molecule has 2 aliphatic rings. The van der Waals surface area contributed by atoms with E-state index in [1.807, 2.05) is 0 Å². The van der Waals surface area contributed by atoms with E-state index in [0.717, 1.165) is 0 Å². The molecule has 2 fully saturated rings. The molecule has 2 saturated heterocycles. The first-order valence-electron chi connectivity index (χ1n) is 14.2. The van der Waals surface area contributed by atoms with Crippen LogP contribution < -0.4 is 5.32 Å². The van der Waals surface area contributed by atoms with Crippen LogP contribution in [0.5, 0.6) is 0 Å². The van der Waals surface area contributed by atoms with Crippen molar-refractivity contribution in [2.75, 3.05) is 159 Å². The molecule has 0 aromatic carbocycles. The van der Waals surface area contributed by atoms with E-state index in [2.05, 4.69) is 5.32 Å². The Bertz CT molecular complexity index is 513. The van der Waals surface area contributed by atoms with Crippen molar-refractivity contribution < 1.29 is 61.9 Å². The molecule has 2 unspecified atom stereocenters. The molecule has 238 valence electrons. The van der Waals surface area contributed by atoms with Gasteiger partial charge in [-0.25, -0.2) is 0 Å². The van der Waals surface area contributed by atoms with Crippen molar-refractivity contribution in [3.8, 4) is 0 Å². The lowest BCUT2D eigenvalue weighted by atomic mass is 10.2. The van der Waals surface area contributed by atoms with Gasteiger partial charge in [-0.3, -0.25) is 5.32 Å². The minimum atomic E-state index is -1.17. The first kappa shape index (κ1) is 35.6. The quantitative estimate of drug-likeness (QED) is 0.410. The standard InChI is InChI=1S/C26H51NO13/c28-23-26(24-38-16-14-34-8-6-30-2-4-32-10-12-36-18-20-40-26)27-21-25-22-37-15-13-33-7-5-29-1-3-31-9-11-35-17-19-39-25/h25,27-28H,1-24H2. The van der Waals surface area contributed by atoms with Gasteiger partial charge >= 0.3 is 0 Å². The second kappa shape index (κ2) is 26.1. The van der Waals surface area contributed by atoms with E-state index in [1.54, 1.807) is 0 Å². The highest BCUT2D eigenvalue weighted by atomic mass is 16.6. The zero-order valence-electron chi connectivity index (χ0n) is 23.9. The highest BCUT2D eigenvalue weighted by molar-refractivity contribution is 4.80. The number of aliphatic hydroxyl groups excluding tert-OH is 1. The summed E-state index contributed by atoms with van der Waals surface area (Å²) in [5.74, 6) is 0. The van der Waals surface area contributed by atoms with E-state index >= 15 is 0 Å². The van der Waals surface area contributed by atoms with Crippen molar-refractivity contribution in [3.63, 3.8) is 0 Å². The normalized spacial score (nSPS) is 28.9. The minimum absolute atomic E-state index is 0.0963. The Balaban J connectivity index is 1.86. The molecule has 0 bridgehead atoms. The fourth-order valence-electron chi connectivity index (χ4n) is 3.54. The van der Waals surface area contributed by atoms with Crippen molar-refractivity contribution in [1.29, 1.82) is 0 Å². The SMILES string of the molecule is OCC1(NCC2COCCOCCOCCOCCOCCO2)COCCOCCOCCOCCOCCO1. The van der Waals surface area contributed by atoms with Crippen molar-refractivity contribution in [2.45, 2.75) is 11.8 Å². The summed E-state index contributed by atoms with van der Waals surface area (Å²) in [5, 5.41) is 13.6. The number of aliphatic hydroxyl groups is 1. The van der Waals surface area contributed by atoms with Crippen LogP contribution in [0.1, 0.15) is 0 Å². The molecule has 0 aromatic rings. The first-order chi connectivity index (χ1) is 19.8. The van der Waals surface area contributed by atoms with Crippen LogP contribution in [0.25, 0.3) is 0 Å². The Morgan fingerprint density at radius 1 is 0.475 bits per heavy atom. The molecule has 0 aliphatic carbocycles. The Hall–Kier alpha value is -0.560. The average Bonchev–Trinajstić information content (AvgIpc) is 2.97. The number of nitrogens with one attached hydrogen (secondary N) is 1. The summed E-state index contributed by atoms with van der Waals surface area (Å²) in [4.78, 5) is 0. The topological polar surface area (TPSA) is 143 Å². The van der Waals surface area contributed by atoms with Gasteiger partial charge in [0.15, 0.2) is 5.72 Å². The summed E-state index contributed by atoms with van der Waals surface area (Å²) >= 11 is 0. The third-order valence-corrected chi connectivity index (χ3v) is 5.71. The third-order valence-electron chi connectivity index (χ3n) is 5.71. The van der Waals surface area contributed by atoms with Crippen LogP contribution in [0.15, 0.2) is 0 Å². The Labute approximate surface area is 238 Å². The van der Waals surface area contributed by atoms with Gasteiger partial charge in [-0.15, -0.1) is 0 Å². The molecule has 14 nitrogen and oxygen atoms in total. The summed E-state index contributed by atoms with van der Waals surface area (Å²) in [6.07, 6.45) is -0.334. The summed E-state index contributed by atoms with van der Waals surface area (Å²) in [5.41, 5.74) is -1.17. The van der Waals surface area contributed by atoms with Crippen LogP contribution in [0.4, 0.5) is 0 Å². The third kappa shape index (κ3) is 19.5.